The Hall–Kier alpha value is -3.38. The topological polar surface area (TPSA) is 66.8 Å². The molecule has 0 aromatic heterocycles. The molecular weight excluding hydrogens is 470 g/mol. The minimum atomic E-state index is -0.767. The normalized spacial score (nSPS) is 17.6. The predicted octanol–water partition coefficient (Wildman–Crippen LogP) is 5.65. The Morgan fingerprint density at radius 1 is 0.969 bits per heavy atom. The number of carbonyl (C=O) groups excluding carboxylic acids is 2. The third-order valence-electron chi connectivity index (χ3n) is 5.62. The number of hydrogen-bond donors (Lipinski definition) is 1. The van der Waals surface area contributed by atoms with E-state index in [1.54, 1.807) is 55.6 Å². The summed E-state index contributed by atoms with van der Waals surface area (Å²) >= 11 is 3.37. The number of ketones is 1. The highest BCUT2D eigenvalue weighted by molar-refractivity contribution is 9.10. The van der Waals surface area contributed by atoms with Crippen molar-refractivity contribution in [1.29, 1.82) is 0 Å². The maximum Gasteiger partial charge on any atom is 0.300 e. The number of carbonyl (C=O) groups is 2. The van der Waals surface area contributed by atoms with Crippen LogP contribution in [0.5, 0.6) is 5.75 Å². The van der Waals surface area contributed by atoms with Gasteiger partial charge in [-0.3, -0.25) is 14.5 Å². The summed E-state index contributed by atoms with van der Waals surface area (Å²) in [4.78, 5) is 27.8. The zero-order chi connectivity index (χ0) is 22.8. The van der Waals surface area contributed by atoms with Gasteiger partial charge in [0.15, 0.2) is 0 Å². The molecule has 1 fully saturated rings. The molecule has 4 rings (SSSR count). The van der Waals surface area contributed by atoms with Gasteiger partial charge in [-0.2, -0.15) is 0 Å². The number of rotatable bonds is 5. The van der Waals surface area contributed by atoms with Gasteiger partial charge in [-0.15, -0.1) is 0 Å². The number of methoxy groups -OCH3 is 1. The number of Topliss-reactive ketones (excluding diaryl/α,β-unsaturated/α-hetero) is 1. The Labute approximate surface area is 195 Å². The van der Waals surface area contributed by atoms with Crippen molar-refractivity contribution >= 4 is 39.1 Å². The van der Waals surface area contributed by atoms with Crippen LogP contribution in [-0.4, -0.2) is 23.9 Å². The molecule has 0 bridgehead atoms. The van der Waals surface area contributed by atoms with E-state index in [9.17, 15) is 14.7 Å². The van der Waals surface area contributed by atoms with Crippen LogP contribution in [-0.2, 0) is 16.0 Å². The number of amides is 1. The Bertz CT molecular complexity index is 1180. The molecule has 1 amide bonds. The summed E-state index contributed by atoms with van der Waals surface area (Å²) in [7, 11) is 1.57. The van der Waals surface area contributed by atoms with E-state index in [1.165, 1.54) is 4.90 Å². The maximum atomic E-state index is 13.2. The van der Waals surface area contributed by atoms with Gasteiger partial charge >= 0.3 is 0 Å². The van der Waals surface area contributed by atoms with Crippen molar-refractivity contribution in [3.05, 3.63) is 99.5 Å². The number of halogens is 1. The van der Waals surface area contributed by atoms with Crippen molar-refractivity contribution in [2.45, 2.75) is 19.4 Å². The number of benzene rings is 3. The van der Waals surface area contributed by atoms with Crippen LogP contribution in [0.1, 0.15) is 29.7 Å². The predicted molar refractivity (Wildman–Crippen MR) is 128 cm³/mol. The molecular formula is C26H22BrNO4. The molecule has 0 saturated carbocycles. The first kappa shape index (κ1) is 21.8. The lowest BCUT2D eigenvalue weighted by Gasteiger charge is -2.25. The summed E-state index contributed by atoms with van der Waals surface area (Å²) in [5, 5.41) is 11.1. The second-order valence-electron chi connectivity index (χ2n) is 7.47. The van der Waals surface area contributed by atoms with Crippen molar-refractivity contribution in [1.82, 2.24) is 0 Å². The van der Waals surface area contributed by atoms with Crippen molar-refractivity contribution in [2.24, 2.45) is 0 Å². The lowest BCUT2D eigenvalue weighted by atomic mass is 9.95. The zero-order valence-corrected chi connectivity index (χ0v) is 19.3. The molecule has 3 aromatic rings. The summed E-state index contributed by atoms with van der Waals surface area (Å²) in [6, 6.07) is 20.9. The zero-order valence-electron chi connectivity index (χ0n) is 17.7. The molecule has 1 atom stereocenters. The van der Waals surface area contributed by atoms with E-state index in [2.05, 4.69) is 22.9 Å². The van der Waals surface area contributed by atoms with E-state index in [0.29, 0.717) is 22.6 Å². The molecule has 0 spiro atoms. The summed E-state index contributed by atoms with van der Waals surface area (Å²) in [6.07, 6.45) is 0.866. The van der Waals surface area contributed by atoms with Gasteiger partial charge in [-0.25, -0.2) is 0 Å². The number of anilines is 1. The van der Waals surface area contributed by atoms with E-state index < -0.39 is 17.7 Å². The number of aliphatic hydroxyl groups is 1. The molecule has 1 aliphatic heterocycles. The molecule has 1 unspecified atom stereocenters. The maximum absolute atomic E-state index is 13.2. The summed E-state index contributed by atoms with van der Waals surface area (Å²) < 4.78 is 6.10. The van der Waals surface area contributed by atoms with Crippen LogP contribution >= 0.6 is 15.9 Å². The quantitative estimate of drug-likeness (QED) is 0.284. The van der Waals surface area contributed by atoms with Gasteiger partial charge in [0, 0.05) is 15.7 Å². The van der Waals surface area contributed by atoms with Crippen LogP contribution in [0.4, 0.5) is 5.69 Å². The minimum absolute atomic E-state index is 0.0575. The molecule has 1 saturated heterocycles. The molecule has 1 aliphatic rings. The van der Waals surface area contributed by atoms with Gasteiger partial charge in [0.2, 0.25) is 0 Å². The second-order valence-corrected chi connectivity index (χ2v) is 8.38. The molecule has 6 heteroatoms. The number of aryl methyl sites for hydroxylation is 1. The fourth-order valence-electron chi connectivity index (χ4n) is 3.86. The largest absolute Gasteiger partial charge is 0.507 e. The second kappa shape index (κ2) is 9.01. The highest BCUT2D eigenvalue weighted by atomic mass is 79.9. The number of nitrogens with zero attached hydrogens (tertiary/aromatic N) is 1. The van der Waals surface area contributed by atoms with Crippen molar-refractivity contribution < 1.29 is 19.4 Å². The third-order valence-corrected chi connectivity index (χ3v) is 6.15. The van der Waals surface area contributed by atoms with Gasteiger partial charge in [-0.05, 0) is 53.9 Å². The monoisotopic (exact) mass is 491 g/mol. The fourth-order valence-corrected chi connectivity index (χ4v) is 4.12. The molecule has 0 aliphatic carbocycles. The molecule has 0 radical (unpaired) electrons. The van der Waals surface area contributed by atoms with Crippen LogP contribution in [0.25, 0.3) is 5.76 Å². The molecule has 5 nitrogen and oxygen atoms in total. The molecule has 1 N–H and O–H groups in total. The van der Waals surface area contributed by atoms with Crippen LogP contribution in [0, 0.1) is 0 Å². The minimum Gasteiger partial charge on any atom is -0.507 e. The third kappa shape index (κ3) is 3.94. The van der Waals surface area contributed by atoms with Crippen LogP contribution in [0.15, 0.2) is 82.8 Å². The number of hydrogen-bond acceptors (Lipinski definition) is 4. The average molecular weight is 492 g/mol. The van der Waals surface area contributed by atoms with Crippen molar-refractivity contribution in [2.75, 3.05) is 12.0 Å². The van der Waals surface area contributed by atoms with Crippen LogP contribution in [0.2, 0.25) is 0 Å². The summed E-state index contributed by atoms with van der Waals surface area (Å²) in [5.74, 6) is -0.935. The van der Waals surface area contributed by atoms with Gasteiger partial charge in [0.05, 0.1) is 18.7 Å². The van der Waals surface area contributed by atoms with Gasteiger partial charge in [-0.1, -0.05) is 59.3 Å². The van der Waals surface area contributed by atoms with Gasteiger partial charge in [0.25, 0.3) is 11.7 Å². The van der Waals surface area contributed by atoms with E-state index in [0.717, 1.165) is 16.5 Å². The summed E-state index contributed by atoms with van der Waals surface area (Å²) in [6.45, 7) is 2.05. The number of ether oxygens (including phenoxy) is 1. The Morgan fingerprint density at radius 2 is 1.59 bits per heavy atom. The van der Waals surface area contributed by atoms with Crippen molar-refractivity contribution in [3.63, 3.8) is 0 Å². The van der Waals surface area contributed by atoms with E-state index in [1.807, 2.05) is 24.3 Å². The Morgan fingerprint density at radius 3 is 2.16 bits per heavy atom. The van der Waals surface area contributed by atoms with Gasteiger partial charge < -0.3 is 9.84 Å². The summed E-state index contributed by atoms with van der Waals surface area (Å²) in [5.41, 5.74) is 2.94. The Balaban J connectivity index is 1.90. The van der Waals surface area contributed by atoms with E-state index >= 15 is 0 Å². The van der Waals surface area contributed by atoms with Gasteiger partial charge in [0.1, 0.15) is 11.5 Å². The lowest BCUT2D eigenvalue weighted by Crippen LogP contribution is -2.29. The fraction of sp³-hybridized carbons (Fsp3) is 0.154. The van der Waals surface area contributed by atoms with E-state index in [-0.39, 0.29) is 11.3 Å². The molecule has 162 valence electrons. The smallest absolute Gasteiger partial charge is 0.300 e. The highest BCUT2D eigenvalue weighted by Crippen LogP contribution is 2.42. The van der Waals surface area contributed by atoms with Crippen LogP contribution < -0.4 is 9.64 Å². The van der Waals surface area contributed by atoms with Crippen LogP contribution in [0.3, 0.4) is 0 Å². The average Bonchev–Trinajstić information content (AvgIpc) is 3.09. The first-order valence-corrected chi connectivity index (χ1v) is 11.0. The SMILES string of the molecule is CCc1ccc(N2C(=O)C(=O)/C(=C(/O)c3ccc(Br)cc3)C2c2ccc(OC)cc2)cc1. The first-order chi connectivity index (χ1) is 15.4. The highest BCUT2D eigenvalue weighted by Gasteiger charge is 2.46. The Kier molecular flexibility index (Phi) is 6.15. The number of aliphatic hydroxyl groups excluding tert-OH is 1. The molecule has 1 heterocycles. The lowest BCUT2D eigenvalue weighted by molar-refractivity contribution is -0.132. The molecule has 32 heavy (non-hydrogen) atoms. The first-order valence-electron chi connectivity index (χ1n) is 10.2. The molecule has 3 aromatic carbocycles. The van der Waals surface area contributed by atoms with Crippen molar-refractivity contribution in [3.8, 4) is 5.75 Å². The standard InChI is InChI=1S/C26H22BrNO4/c1-3-16-4-12-20(13-5-16)28-23(17-8-14-21(32-2)15-9-17)22(25(30)26(28)31)24(29)18-6-10-19(27)11-7-18/h4-15,23,29H,3H2,1-2H3/b24-22+. The van der Waals surface area contributed by atoms with E-state index in [4.69, 9.17) is 4.74 Å².